The topological polar surface area (TPSA) is 46.3 Å². The van der Waals surface area contributed by atoms with Crippen LogP contribution in [0.2, 0.25) is 0 Å². The molecule has 1 aliphatic rings. The third kappa shape index (κ3) is 1.93. The number of likely N-dealkylation sites (N-methyl/N-ethyl adjacent to an activating group) is 1. The van der Waals surface area contributed by atoms with Crippen LogP contribution in [0.15, 0.2) is 18.2 Å². The van der Waals surface area contributed by atoms with Gasteiger partial charge >= 0.3 is 0 Å². The van der Waals surface area contributed by atoms with Gasteiger partial charge in [-0.3, -0.25) is 4.79 Å². The first-order valence-electron chi connectivity index (χ1n) is 6.40. The van der Waals surface area contributed by atoms with Crippen LogP contribution in [-0.2, 0) is 4.79 Å². The summed E-state index contributed by atoms with van der Waals surface area (Å²) < 4.78 is 0. The lowest BCUT2D eigenvalue weighted by Crippen LogP contribution is -2.26. The van der Waals surface area contributed by atoms with Crippen LogP contribution in [0.1, 0.15) is 50.8 Å². The Hall–Kier alpha value is -1.35. The fourth-order valence-corrected chi connectivity index (χ4v) is 2.46. The Morgan fingerprint density at radius 2 is 1.94 bits per heavy atom. The summed E-state index contributed by atoms with van der Waals surface area (Å²) in [5.74, 6) is 0.101. The van der Waals surface area contributed by atoms with Crippen molar-refractivity contribution >= 4 is 11.6 Å². The van der Waals surface area contributed by atoms with E-state index >= 15 is 0 Å². The van der Waals surface area contributed by atoms with Gasteiger partial charge in [0, 0.05) is 18.8 Å². The number of fused-ring (bicyclic) bond motifs is 1. The average molecular weight is 246 g/mol. The molecule has 18 heavy (non-hydrogen) atoms. The molecule has 1 heterocycles. The third-order valence-corrected chi connectivity index (χ3v) is 3.87. The van der Waals surface area contributed by atoms with Gasteiger partial charge in [0.15, 0.2) is 0 Å². The zero-order chi connectivity index (χ0) is 13.7. The molecule has 0 spiro atoms. The standard InChI is InChI=1S/C15H22N2O/c1-9-11-8-10(13(16)15(2,3)4)6-7-12(11)17(5)14(9)18/h6-9,13H,16H2,1-5H3. The van der Waals surface area contributed by atoms with Gasteiger partial charge in [0.2, 0.25) is 5.91 Å². The van der Waals surface area contributed by atoms with E-state index in [4.69, 9.17) is 5.73 Å². The van der Waals surface area contributed by atoms with E-state index in [0.29, 0.717) is 0 Å². The second kappa shape index (κ2) is 4.09. The summed E-state index contributed by atoms with van der Waals surface area (Å²) in [7, 11) is 1.83. The minimum Gasteiger partial charge on any atom is -0.324 e. The Balaban J connectivity index is 2.44. The average Bonchev–Trinajstić information content (AvgIpc) is 2.52. The van der Waals surface area contributed by atoms with E-state index in [1.54, 1.807) is 4.90 Å². The predicted molar refractivity (Wildman–Crippen MR) is 74.7 cm³/mol. The number of rotatable bonds is 1. The lowest BCUT2D eigenvalue weighted by atomic mass is 9.82. The largest absolute Gasteiger partial charge is 0.324 e. The number of hydrogen-bond acceptors (Lipinski definition) is 2. The molecule has 0 radical (unpaired) electrons. The van der Waals surface area contributed by atoms with Crippen molar-refractivity contribution < 1.29 is 4.79 Å². The Morgan fingerprint density at radius 3 is 2.50 bits per heavy atom. The molecule has 98 valence electrons. The molecule has 0 saturated carbocycles. The van der Waals surface area contributed by atoms with Crippen LogP contribution < -0.4 is 10.6 Å². The molecular formula is C15H22N2O. The molecule has 2 rings (SSSR count). The highest BCUT2D eigenvalue weighted by molar-refractivity contribution is 6.04. The Morgan fingerprint density at radius 1 is 1.33 bits per heavy atom. The maximum absolute atomic E-state index is 11.9. The number of carbonyl (C=O) groups excluding carboxylic acids is 1. The third-order valence-electron chi connectivity index (χ3n) is 3.87. The van der Waals surface area contributed by atoms with E-state index in [1.807, 2.05) is 26.1 Å². The molecular weight excluding hydrogens is 224 g/mol. The van der Waals surface area contributed by atoms with Gasteiger partial charge in [-0.2, -0.15) is 0 Å². The monoisotopic (exact) mass is 246 g/mol. The molecule has 0 bridgehead atoms. The molecule has 2 N–H and O–H groups in total. The molecule has 2 unspecified atom stereocenters. The van der Waals surface area contributed by atoms with E-state index in [2.05, 4.69) is 26.8 Å². The first-order chi connectivity index (χ1) is 8.23. The van der Waals surface area contributed by atoms with Gasteiger partial charge in [0.05, 0.1) is 5.92 Å². The summed E-state index contributed by atoms with van der Waals surface area (Å²) in [6.45, 7) is 8.35. The molecule has 1 amide bonds. The number of hydrogen-bond donors (Lipinski definition) is 1. The maximum atomic E-state index is 11.9. The summed E-state index contributed by atoms with van der Waals surface area (Å²) in [6, 6.07) is 6.13. The normalized spacial score (nSPS) is 21.1. The number of carbonyl (C=O) groups is 1. The van der Waals surface area contributed by atoms with Gasteiger partial charge in [0.1, 0.15) is 0 Å². The molecule has 1 aromatic carbocycles. The molecule has 0 fully saturated rings. The first kappa shape index (κ1) is 13.1. The van der Waals surface area contributed by atoms with Crippen molar-refractivity contribution in [3.8, 4) is 0 Å². The second-order valence-electron chi connectivity index (χ2n) is 6.28. The van der Waals surface area contributed by atoms with Crippen LogP contribution in [-0.4, -0.2) is 13.0 Å². The van der Waals surface area contributed by atoms with E-state index < -0.39 is 0 Å². The van der Waals surface area contributed by atoms with Gasteiger partial charge in [-0.25, -0.2) is 0 Å². The van der Waals surface area contributed by atoms with E-state index in [-0.39, 0.29) is 23.3 Å². The van der Waals surface area contributed by atoms with Gasteiger partial charge in [-0.1, -0.05) is 32.9 Å². The summed E-state index contributed by atoms with van der Waals surface area (Å²) >= 11 is 0. The summed E-state index contributed by atoms with van der Waals surface area (Å²) in [4.78, 5) is 13.7. The quantitative estimate of drug-likeness (QED) is 0.828. The van der Waals surface area contributed by atoms with Crippen molar-refractivity contribution in [3.05, 3.63) is 29.3 Å². The van der Waals surface area contributed by atoms with Crippen molar-refractivity contribution in [2.45, 2.75) is 39.7 Å². The van der Waals surface area contributed by atoms with Crippen molar-refractivity contribution in [2.24, 2.45) is 11.1 Å². The van der Waals surface area contributed by atoms with Crippen LogP contribution in [0.4, 0.5) is 5.69 Å². The second-order valence-corrected chi connectivity index (χ2v) is 6.28. The Kier molecular flexibility index (Phi) is 2.98. The lowest BCUT2D eigenvalue weighted by molar-refractivity contribution is -0.118. The number of benzene rings is 1. The molecule has 1 aromatic rings. The van der Waals surface area contributed by atoms with Crippen LogP contribution in [0.5, 0.6) is 0 Å². The van der Waals surface area contributed by atoms with E-state index in [9.17, 15) is 4.79 Å². The smallest absolute Gasteiger partial charge is 0.234 e. The van der Waals surface area contributed by atoms with E-state index in [0.717, 1.165) is 16.8 Å². The highest BCUT2D eigenvalue weighted by Crippen LogP contribution is 2.39. The number of nitrogens with two attached hydrogens (primary N) is 1. The zero-order valence-electron chi connectivity index (χ0n) is 11.8. The summed E-state index contributed by atoms with van der Waals surface area (Å²) in [6.07, 6.45) is 0. The van der Waals surface area contributed by atoms with Crippen LogP contribution in [0.3, 0.4) is 0 Å². The molecule has 3 nitrogen and oxygen atoms in total. The zero-order valence-corrected chi connectivity index (χ0v) is 11.8. The van der Waals surface area contributed by atoms with Crippen LogP contribution in [0.25, 0.3) is 0 Å². The number of amides is 1. The highest BCUT2D eigenvalue weighted by atomic mass is 16.2. The van der Waals surface area contributed by atoms with Crippen LogP contribution >= 0.6 is 0 Å². The fourth-order valence-electron chi connectivity index (χ4n) is 2.46. The SMILES string of the molecule is CC1C(=O)N(C)c2ccc(C(N)C(C)(C)C)cc21. The van der Waals surface area contributed by atoms with Crippen LogP contribution in [0, 0.1) is 5.41 Å². The van der Waals surface area contributed by atoms with E-state index in [1.165, 1.54) is 0 Å². The van der Waals surface area contributed by atoms with Gasteiger partial charge in [0.25, 0.3) is 0 Å². The highest BCUT2D eigenvalue weighted by Gasteiger charge is 2.33. The van der Waals surface area contributed by atoms with Crippen molar-refractivity contribution in [2.75, 3.05) is 11.9 Å². The van der Waals surface area contributed by atoms with Crippen molar-refractivity contribution in [1.29, 1.82) is 0 Å². The van der Waals surface area contributed by atoms with Gasteiger partial charge < -0.3 is 10.6 Å². The minimum atomic E-state index is -0.0582. The summed E-state index contributed by atoms with van der Waals surface area (Å²) in [5, 5.41) is 0. The molecule has 2 atom stereocenters. The molecule has 3 heteroatoms. The molecule has 0 aliphatic carbocycles. The first-order valence-corrected chi connectivity index (χ1v) is 6.40. The van der Waals surface area contributed by atoms with Crippen molar-refractivity contribution in [1.82, 2.24) is 0 Å². The Labute approximate surface area is 109 Å². The van der Waals surface area contributed by atoms with Crippen molar-refractivity contribution in [3.63, 3.8) is 0 Å². The Bertz CT molecular complexity index is 488. The number of nitrogens with zero attached hydrogens (tertiary/aromatic N) is 1. The fraction of sp³-hybridized carbons (Fsp3) is 0.533. The molecule has 1 aliphatic heterocycles. The van der Waals surface area contributed by atoms with Gasteiger partial charge in [-0.05, 0) is 29.5 Å². The summed E-state index contributed by atoms with van der Waals surface area (Å²) in [5.41, 5.74) is 9.52. The predicted octanol–water partition coefficient (Wildman–Crippen LogP) is 2.81. The van der Waals surface area contributed by atoms with Gasteiger partial charge in [-0.15, -0.1) is 0 Å². The lowest BCUT2D eigenvalue weighted by Gasteiger charge is -2.28. The number of anilines is 1. The maximum Gasteiger partial charge on any atom is 0.234 e. The molecule has 0 saturated heterocycles. The molecule has 0 aromatic heterocycles. The minimum absolute atomic E-state index is 0.0176.